The molecule has 2 N–H and O–H groups in total. The minimum atomic E-state index is -0.572. The van der Waals surface area contributed by atoms with E-state index in [1.807, 2.05) is 13.0 Å². The minimum Gasteiger partial charge on any atom is -0.461 e. The molecule has 1 aliphatic rings. The molecule has 0 aliphatic carbocycles. The molecule has 0 saturated heterocycles. The number of aryl methyl sites for hydroxylation is 1. The lowest BCUT2D eigenvalue weighted by Gasteiger charge is -2.09. The highest BCUT2D eigenvalue weighted by atomic mass is 16.5. The van der Waals surface area contributed by atoms with E-state index in [1.54, 1.807) is 12.1 Å². The van der Waals surface area contributed by atoms with Gasteiger partial charge in [-0.1, -0.05) is 18.2 Å². The molecular weight excluding hydrogens is 274 g/mol. The quantitative estimate of drug-likeness (QED) is 0.608. The summed E-state index contributed by atoms with van der Waals surface area (Å²) >= 11 is 0. The average Bonchev–Trinajstić information content (AvgIpc) is 2.75. The molecule has 110 valence electrons. The first kappa shape index (κ1) is 14.9. The highest BCUT2D eigenvalue weighted by Crippen LogP contribution is 2.14. The fourth-order valence-electron chi connectivity index (χ4n) is 1.97. The Hall–Kier alpha value is -2.47. The summed E-state index contributed by atoms with van der Waals surface area (Å²) in [5, 5.41) is 11.1. The predicted molar refractivity (Wildman–Crippen MR) is 72.7 cm³/mol. The molecule has 1 aromatic carbocycles. The summed E-state index contributed by atoms with van der Waals surface area (Å²) in [6.45, 7) is 1.89. The standard InChI is InChI=1S/C15H15NO5/c1-9-4-10(7-17)2-3-11(9)8-21-14(19)6-12-5-13(18)16-15(12)20/h2-5,17H,6-8H2,1H3,(H,16,18,20). The normalized spacial score (nSPS) is 13.9. The number of rotatable bonds is 5. The predicted octanol–water partition coefficient (Wildman–Crippen LogP) is 0.503. The van der Waals surface area contributed by atoms with E-state index in [-0.39, 0.29) is 25.2 Å². The molecule has 1 aromatic rings. The molecule has 0 aromatic heterocycles. The SMILES string of the molecule is Cc1cc(CO)ccc1COC(=O)CC1=CC(=O)NC1=O. The summed E-state index contributed by atoms with van der Waals surface area (Å²) in [7, 11) is 0. The Labute approximate surface area is 121 Å². The van der Waals surface area contributed by atoms with Gasteiger partial charge in [0.1, 0.15) is 6.61 Å². The number of esters is 1. The van der Waals surface area contributed by atoms with Crippen molar-refractivity contribution in [1.29, 1.82) is 0 Å². The topological polar surface area (TPSA) is 92.7 Å². The van der Waals surface area contributed by atoms with Gasteiger partial charge in [-0.15, -0.1) is 0 Å². The van der Waals surface area contributed by atoms with Crippen LogP contribution < -0.4 is 5.32 Å². The summed E-state index contributed by atoms with van der Waals surface area (Å²) in [5.41, 5.74) is 2.62. The first-order valence-corrected chi connectivity index (χ1v) is 6.40. The molecule has 1 heterocycles. The van der Waals surface area contributed by atoms with Crippen molar-refractivity contribution >= 4 is 17.8 Å². The molecule has 0 atom stereocenters. The van der Waals surface area contributed by atoms with Crippen molar-refractivity contribution in [2.75, 3.05) is 0 Å². The third kappa shape index (κ3) is 3.76. The second kappa shape index (κ2) is 6.32. The largest absolute Gasteiger partial charge is 0.461 e. The summed E-state index contributed by atoms with van der Waals surface area (Å²) in [6, 6.07) is 5.34. The van der Waals surface area contributed by atoms with Crippen molar-refractivity contribution in [3.63, 3.8) is 0 Å². The molecule has 0 unspecified atom stereocenters. The van der Waals surface area contributed by atoms with Crippen molar-refractivity contribution in [3.8, 4) is 0 Å². The van der Waals surface area contributed by atoms with Crippen molar-refractivity contribution in [2.24, 2.45) is 0 Å². The maximum Gasteiger partial charge on any atom is 0.310 e. The zero-order valence-corrected chi connectivity index (χ0v) is 11.5. The number of hydrogen-bond acceptors (Lipinski definition) is 5. The van der Waals surface area contributed by atoms with Gasteiger partial charge in [0.05, 0.1) is 13.0 Å². The third-order valence-electron chi connectivity index (χ3n) is 3.15. The smallest absolute Gasteiger partial charge is 0.310 e. The third-order valence-corrected chi connectivity index (χ3v) is 3.15. The van der Waals surface area contributed by atoms with E-state index in [0.717, 1.165) is 22.8 Å². The molecule has 0 fully saturated rings. The van der Waals surface area contributed by atoms with Crippen molar-refractivity contribution in [3.05, 3.63) is 46.5 Å². The first-order valence-electron chi connectivity index (χ1n) is 6.40. The molecule has 0 saturated carbocycles. The van der Waals surface area contributed by atoms with Crippen LogP contribution in [0.1, 0.15) is 23.1 Å². The highest BCUT2D eigenvalue weighted by Gasteiger charge is 2.23. The number of nitrogens with one attached hydrogen (secondary N) is 1. The van der Waals surface area contributed by atoms with E-state index in [4.69, 9.17) is 9.84 Å². The number of carbonyl (C=O) groups is 3. The second-order valence-electron chi connectivity index (χ2n) is 4.74. The lowest BCUT2D eigenvalue weighted by Crippen LogP contribution is -2.23. The highest BCUT2D eigenvalue weighted by molar-refractivity contribution is 6.17. The number of benzene rings is 1. The van der Waals surface area contributed by atoms with Gasteiger partial charge in [-0.05, 0) is 23.6 Å². The van der Waals surface area contributed by atoms with Crippen LogP contribution in [0.3, 0.4) is 0 Å². The number of hydrogen-bond donors (Lipinski definition) is 2. The van der Waals surface area contributed by atoms with Gasteiger partial charge in [0.15, 0.2) is 0 Å². The number of amides is 2. The molecular formula is C15H15NO5. The number of imide groups is 1. The van der Waals surface area contributed by atoms with Crippen LogP contribution in [0.15, 0.2) is 29.8 Å². The molecule has 21 heavy (non-hydrogen) atoms. The fraction of sp³-hybridized carbons (Fsp3) is 0.267. The number of aliphatic hydroxyl groups is 1. The summed E-state index contributed by atoms with van der Waals surface area (Å²) in [5.74, 6) is -1.64. The maximum absolute atomic E-state index is 11.7. The number of aliphatic hydroxyl groups excluding tert-OH is 1. The van der Waals surface area contributed by atoms with Gasteiger partial charge in [0, 0.05) is 11.6 Å². The molecule has 6 nitrogen and oxygen atoms in total. The van der Waals surface area contributed by atoms with Crippen LogP contribution in [-0.4, -0.2) is 22.9 Å². The fourth-order valence-corrected chi connectivity index (χ4v) is 1.97. The monoisotopic (exact) mass is 289 g/mol. The minimum absolute atomic E-state index is 0.0434. The van der Waals surface area contributed by atoms with Gasteiger partial charge in [0.25, 0.3) is 11.8 Å². The lowest BCUT2D eigenvalue weighted by atomic mass is 10.1. The molecule has 0 radical (unpaired) electrons. The Morgan fingerprint density at radius 2 is 2.10 bits per heavy atom. The Balaban J connectivity index is 1.91. The Morgan fingerprint density at radius 3 is 2.67 bits per heavy atom. The molecule has 2 rings (SSSR count). The first-order chi connectivity index (χ1) is 9.99. The van der Waals surface area contributed by atoms with E-state index in [2.05, 4.69) is 5.32 Å². The number of ether oxygens (including phenoxy) is 1. The van der Waals surface area contributed by atoms with E-state index < -0.39 is 17.8 Å². The summed E-state index contributed by atoms with van der Waals surface area (Å²) in [4.78, 5) is 33.9. The molecule has 6 heteroatoms. The van der Waals surface area contributed by atoms with Gasteiger partial charge in [-0.25, -0.2) is 0 Å². The molecule has 0 spiro atoms. The van der Waals surface area contributed by atoms with E-state index in [1.165, 1.54) is 0 Å². The van der Waals surface area contributed by atoms with Crippen LogP contribution in [0.25, 0.3) is 0 Å². The zero-order chi connectivity index (χ0) is 15.4. The zero-order valence-electron chi connectivity index (χ0n) is 11.5. The Morgan fingerprint density at radius 1 is 1.33 bits per heavy atom. The second-order valence-corrected chi connectivity index (χ2v) is 4.74. The Bertz CT molecular complexity index is 633. The summed E-state index contributed by atoms with van der Waals surface area (Å²) < 4.78 is 5.09. The van der Waals surface area contributed by atoms with E-state index >= 15 is 0 Å². The average molecular weight is 289 g/mol. The van der Waals surface area contributed by atoms with Crippen LogP contribution in [-0.2, 0) is 32.3 Å². The maximum atomic E-state index is 11.7. The molecule has 0 bridgehead atoms. The van der Waals surface area contributed by atoms with Gasteiger partial charge >= 0.3 is 5.97 Å². The Kier molecular flexibility index (Phi) is 4.49. The van der Waals surface area contributed by atoms with Crippen LogP contribution >= 0.6 is 0 Å². The van der Waals surface area contributed by atoms with Crippen LogP contribution in [0.2, 0.25) is 0 Å². The van der Waals surface area contributed by atoms with E-state index in [0.29, 0.717) is 0 Å². The van der Waals surface area contributed by atoms with Crippen molar-refractivity contribution in [1.82, 2.24) is 5.32 Å². The molecule has 1 aliphatic heterocycles. The van der Waals surface area contributed by atoms with Crippen LogP contribution in [0, 0.1) is 6.92 Å². The van der Waals surface area contributed by atoms with Gasteiger partial charge in [-0.3, -0.25) is 19.7 Å². The van der Waals surface area contributed by atoms with Crippen molar-refractivity contribution < 1.29 is 24.2 Å². The van der Waals surface area contributed by atoms with Crippen LogP contribution in [0.4, 0.5) is 0 Å². The van der Waals surface area contributed by atoms with Crippen molar-refractivity contribution in [2.45, 2.75) is 26.6 Å². The van der Waals surface area contributed by atoms with Gasteiger partial charge in [0.2, 0.25) is 0 Å². The molecule has 2 amide bonds. The van der Waals surface area contributed by atoms with Crippen LogP contribution in [0.5, 0.6) is 0 Å². The number of carbonyl (C=O) groups excluding carboxylic acids is 3. The summed E-state index contributed by atoms with van der Waals surface area (Å²) in [6.07, 6.45) is 0.871. The van der Waals surface area contributed by atoms with Gasteiger partial charge in [-0.2, -0.15) is 0 Å². The lowest BCUT2D eigenvalue weighted by molar-refractivity contribution is -0.144. The van der Waals surface area contributed by atoms with Gasteiger partial charge < -0.3 is 9.84 Å². The van der Waals surface area contributed by atoms with E-state index in [9.17, 15) is 14.4 Å².